The van der Waals surface area contributed by atoms with Crippen molar-refractivity contribution in [2.24, 2.45) is 0 Å². The Kier molecular flexibility index (Phi) is 5.82. The number of rotatable bonds is 7. The molecular weight excluding hydrogens is 278 g/mol. The molecule has 0 atom stereocenters. The second kappa shape index (κ2) is 8.07. The zero-order chi connectivity index (χ0) is 15.8. The highest BCUT2D eigenvalue weighted by molar-refractivity contribution is 5.98. The Morgan fingerprint density at radius 3 is 2.82 bits per heavy atom. The van der Waals surface area contributed by atoms with E-state index >= 15 is 0 Å². The first-order valence-electron chi connectivity index (χ1n) is 7.53. The van der Waals surface area contributed by atoms with E-state index in [0.29, 0.717) is 17.9 Å². The van der Waals surface area contributed by atoms with Gasteiger partial charge in [0.05, 0.1) is 5.56 Å². The summed E-state index contributed by atoms with van der Waals surface area (Å²) in [7, 11) is 0. The number of nitrogens with one attached hydrogen (secondary N) is 1. The predicted octanol–water partition coefficient (Wildman–Crippen LogP) is 2.43. The van der Waals surface area contributed by atoms with Crippen molar-refractivity contribution in [2.45, 2.75) is 32.6 Å². The van der Waals surface area contributed by atoms with Gasteiger partial charge in [-0.3, -0.25) is 9.78 Å². The third kappa shape index (κ3) is 4.25. The van der Waals surface area contributed by atoms with Gasteiger partial charge in [0.15, 0.2) is 5.82 Å². The molecule has 0 saturated heterocycles. The molecule has 22 heavy (non-hydrogen) atoms. The molecule has 1 amide bonds. The highest BCUT2D eigenvalue weighted by Crippen LogP contribution is 2.16. The Labute approximate surface area is 130 Å². The van der Waals surface area contributed by atoms with Gasteiger partial charge < -0.3 is 11.1 Å². The van der Waals surface area contributed by atoms with Gasteiger partial charge in [-0.2, -0.15) is 0 Å². The normalized spacial score (nSPS) is 10.4. The lowest BCUT2D eigenvalue weighted by molar-refractivity contribution is 0.0953. The first-order chi connectivity index (χ1) is 10.7. The minimum Gasteiger partial charge on any atom is -0.383 e. The summed E-state index contributed by atoms with van der Waals surface area (Å²) in [5.41, 5.74) is 6.95. The minimum absolute atomic E-state index is 0.180. The average Bonchev–Trinajstić information content (AvgIpc) is 2.55. The number of anilines is 1. The van der Waals surface area contributed by atoms with E-state index in [2.05, 4.69) is 27.2 Å². The van der Waals surface area contributed by atoms with Crippen LogP contribution < -0.4 is 11.1 Å². The van der Waals surface area contributed by atoms with Crippen molar-refractivity contribution in [3.05, 3.63) is 36.3 Å². The molecule has 6 heteroatoms. The lowest BCUT2D eigenvalue weighted by Crippen LogP contribution is -2.26. The zero-order valence-corrected chi connectivity index (χ0v) is 12.7. The first-order valence-corrected chi connectivity index (χ1v) is 7.53. The summed E-state index contributed by atoms with van der Waals surface area (Å²) >= 11 is 0. The molecule has 0 aliphatic carbocycles. The number of hydrogen-bond donors (Lipinski definition) is 2. The van der Waals surface area contributed by atoms with Gasteiger partial charge >= 0.3 is 0 Å². The van der Waals surface area contributed by atoms with Gasteiger partial charge in [-0.05, 0) is 18.6 Å². The van der Waals surface area contributed by atoms with Gasteiger partial charge in [-0.1, -0.05) is 26.2 Å². The first kappa shape index (κ1) is 15.9. The molecule has 3 N–H and O–H groups in total. The SMILES string of the molecule is CCCCCCNC(=O)c1cnc(-c2cccnc2)nc1N. The van der Waals surface area contributed by atoms with E-state index in [9.17, 15) is 4.79 Å². The van der Waals surface area contributed by atoms with Gasteiger partial charge in [-0.15, -0.1) is 0 Å². The van der Waals surface area contributed by atoms with Gasteiger partial charge in [0.25, 0.3) is 5.91 Å². The van der Waals surface area contributed by atoms with Gasteiger partial charge in [0.1, 0.15) is 5.82 Å². The number of carbonyl (C=O) groups excluding carboxylic acids is 1. The average molecular weight is 299 g/mol. The molecule has 116 valence electrons. The van der Waals surface area contributed by atoms with Crippen LogP contribution in [0.15, 0.2) is 30.7 Å². The van der Waals surface area contributed by atoms with Crippen molar-refractivity contribution in [3.63, 3.8) is 0 Å². The van der Waals surface area contributed by atoms with Gasteiger partial charge in [-0.25, -0.2) is 9.97 Å². The van der Waals surface area contributed by atoms with Crippen LogP contribution in [0.2, 0.25) is 0 Å². The summed E-state index contributed by atoms with van der Waals surface area (Å²) in [6.07, 6.45) is 9.23. The summed E-state index contributed by atoms with van der Waals surface area (Å²) in [6.45, 7) is 2.79. The van der Waals surface area contributed by atoms with Crippen LogP contribution >= 0.6 is 0 Å². The number of nitrogens with zero attached hydrogens (tertiary/aromatic N) is 3. The molecule has 6 nitrogen and oxygen atoms in total. The van der Waals surface area contributed by atoms with Crippen LogP contribution in [0.25, 0.3) is 11.4 Å². The van der Waals surface area contributed by atoms with Crippen molar-refractivity contribution >= 4 is 11.7 Å². The molecule has 0 spiro atoms. The fraction of sp³-hybridized carbons (Fsp3) is 0.375. The van der Waals surface area contributed by atoms with Crippen molar-refractivity contribution < 1.29 is 4.79 Å². The smallest absolute Gasteiger partial charge is 0.256 e. The van der Waals surface area contributed by atoms with Crippen LogP contribution in [-0.2, 0) is 0 Å². The summed E-state index contributed by atoms with van der Waals surface area (Å²) in [6, 6.07) is 3.64. The Morgan fingerprint density at radius 1 is 1.27 bits per heavy atom. The summed E-state index contributed by atoms with van der Waals surface area (Å²) in [4.78, 5) is 24.5. The number of unbranched alkanes of at least 4 members (excludes halogenated alkanes) is 3. The fourth-order valence-electron chi connectivity index (χ4n) is 2.05. The fourth-order valence-corrected chi connectivity index (χ4v) is 2.05. The molecule has 0 fully saturated rings. The Bertz CT molecular complexity index is 615. The molecule has 0 unspecified atom stereocenters. The van der Waals surface area contributed by atoms with E-state index in [1.54, 1.807) is 18.5 Å². The van der Waals surface area contributed by atoms with E-state index in [-0.39, 0.29) is 11.7 Å². The van der Waals surface area contributed by atoms with Crippen LogP contribution in [0.4, 0.5) is 5.82 Å². The number of aromatic nitrogens is 3. The summed E-state index contributed by atoms with van der Waals surface area (Å²) in [5, 5.41) is 2.85. The standard InChI is InChI=1S/C16H21N5O/c1-2-3-4-5-9-19-16(22)13-11-20-15(21-14(13)17)12-7-6-8-18-10-12/h6-8,10-11H,2-5,9H2,1H3,(H,19,22)(H2,17,20,21). The molecule has 2 aromatic rings. The maximum absolute atomic E-state index is 12.1. The number of carbonyl (C=O) groups is 1. The Balaban J connectivity index is 1.99. The number of hydrogen-bond acceptors (Lipinski definition) is 5. The largest absolute Gasteiger partial charge is 0.383 e. The maximum atomic E-state index is 12.1. The lowest BCUT2D eigenvalue weighted by atomic mass is 10.2. The highest BCUT2D eigenvalue weighted by atomic mass is 16.1. The Hall–Kier alpha value is -2.50. The van der Waals surface area contributed by atoms with E-state index in [1.807, 2.05) is 6.07 Å². The molecule has 0 aliphatic heterocycles. The third-order valence-electron chi connectivity index (χ3n) is 3.30. The Morgan fingerprint density at radius 2 is 2.14 bits per heavy atom. The lowest BCUT2D eigenvalue weighted by Gasteiger charge is -2.08. The van der Waals surface area contributed by atoms with E-state index in [0.717, 1.165) is 18.4 Å². The van der Waals surface area contributed by atoms with Crippen LogP contribution in [0.5, 0.6) is 0 Å². The van der Waals surface area contributed by atoms with Crippen LogP contribution in [0.1, 0.15) is 43.0 Å². The third-order valence-corrected chi connectivity index (χ3v) is 3.30. The molecule has 2 aromatic heterocycles. The van der Waals surface area contributed by atoms with Crippen LogP contribution in [0, 0.1) is 0 Å². The van der Waals surface area contributed by atoms with E-state index < -0.39 is 0 Å². The zero-order valence-electron chi connectivity index (χ0n) is 12.7. The molecular formula is C16H21N5O. The highest BCUT2D eigenvalue weighted by Gasteiger charge is 2.12. The second-order valence-corrected chi connectivity index (χ2v) is 5.05. The van der Waals surface area contributed by atoms with Crippen LogP contribution in [0.3, 0.4) is 0 Å². The number of amides is 1. The molecule has 2 rings (SSSR count). The molecule has 2 heterocycles. The molecule has 0 aromatic carbocycles. The topological polar surface area (TPSA) is 93.8 Å². The summed E-state index contributed by atoms with van der Waals surface area (Å²) in [5.74, 6) is 0.414. The quantitative estimate of drug-likeness (QED) is 0.766. The number of nitrogen functional groups attached to an aromatic ring is 1. The van der Waals surface area contributed by atoms with Crippen molar-refractivity contribution in [2.75, 3.05) is 12.3 Å². The van der Waals surface area contributed by atoms with Crippen molar-refractivity contribution in [3.8, 4) is 11.4 Å². The monoisotopic (exact) mass is 299 g/mol. The number of nitrogens with two attached hydrogens (primary N) is 1. The molecule has 0 aliphatic rings. The van der Waals surface area contributed by atoms with E-state index in [4.69, 9.17) is 5.73 Å². The van der Waals surface area contributed by atoms with Gasteiger partial charge in [0, 0.05) is 30.7 Å². The van der Waals surface area contributed by atoms with E-state index in [1.165, 1.54) is 19.0 Å². The molecule has 0 bridgehead atoms. The second-order valence-electron chi connectivity index (χ2n) is 5.05. The number of pyridine rings is 1. The predicted molar refractivity (Wildman–Crippen MR) is 86.2 cm³/mol. The minimum atomic E-state index is -0.230. The summed E-state index contributed by atoms with van der Waals surface area (Å²) < 4.78 is 0. The maximum Gasteiger partial charge on any atom is 0.256 e. The van der Waals surface area contributed by atoms with Crippen molar-refractivity contribution in [1.29, 1.82) is 0 Å². The van der Waals surface area contributed by atoms with Gasteiger partial charge in [0.2, 0.25) is 0 Å². The van der Waals surface area contributed by atoms with Crippen molar-refractivity contribution in [1.82, 2.24) is 20.3 Å². The molecule has 0 saturated carbocycles. The molecule has 0 radical (unpaired) electrons. The van der Waals surface area contributed by atoms with Crippen LogP contribution in [-0.4, -0.2) is 27.4 Å².